The Morgan fingerprint density at radius 3 is 2.48 bits per heavy atom. The zero-order valence-corrected chi connectivity index (χ0v) is 17.2. The SMILES string of the molecule is COC(=O)CN1C(=S)N(c2ccc(OC)cc2)C(=O)/C1=C/c1ccc(O)c(Cl)c1. The van der Waals surface area contributed by atoms with E-state index < -0.39 is 11.9 Å². The number of nitrogens with zero attached hydrogens (tertiary/aromatic N) is 2. The van der Waals surface area contributed by atoms with Crippen LogP contribution < -0.4 is 9.64 Å². The number of phenolic OH excluding ortho intramolecular Hbond substituents is 1. The summed E-state index contributed by atoms with van der Waals surface area (Å²) in [5.74, 6) is -0.403. The van der Waals surface area contributed by atoms with E-state index in [1.807, 2.05) is 0 Å². The monoisotopic (exact) mass is 432 g/mol. The molecule has 150 valence electrons. The second-order valence-corrected chi connectivity index (χ2v) is 6.80. The van der Waals surface area contributed by atoms with Crippen LogP contribution in [0.3, 0.4) is 0 Å². The number of carbonyl (C=O) groups excluding carboxylic acids is 2. The van der Waals surface area contributed by atoms with E-state index in [9.17, 15) is 14.7 Å². The zero-order chi connectivity index (χ0) is 21.1. The molecule has 2 aromatic carbocycles. The van der Waals surface area contributed by atoms with Crippen LogP contribution in [0.15, 0.2) is 48.2 Å². The summed E-state index contributed by atoms with van der Waals surface area (Å²) in [7, 11) is 2.80. The second kappa shape index (κ2) is 8.50. The molecule has 1 aliphatic heterocycles. The van der Waals surface area contributed by atoms with Crippen LogP contribution in [0.2, 0.25) is 5.02 Å². The molecule has 3 rings (SSSR count). The van der Waals surface area contributed by atoms with Gasteiger partial charge in [-0.3, -0.25) is 14.5 Å². The first kappa shape index (κ1) is 20.6. The third kappa shape index (κ3) is 4.18. The van der Waals surface area contributed by atoms with Gasteiger partial charge >= 0.3 is 5.97 Å². The predicted octanol–water partition coefficient (Wildman–Crippen LogP) is 3.20. The van der Waals surface area contributed by atoms with E-state index >= 15 is 0 Å². The summed E-state index contributed by atoms with van der Waals surface area (Å²) in [6.07, 6.45) is 1.55. The molecule has 1 aliphatic rings. The molecule has 0 radical (unpaired) electrons. The van der Waals surface area contributed by atoms with Crippen LogP contribution in [0.1, 0.15) is 5.56 Å². The van der Waals surface area contributed by atoms with E-state index in [-0.39, 0.29) is 28.1 Å². The number of methoxy groups -OCH3 is 2. The molecule has 1 N–H and O–H groups in total. The fourth-order valence-corrected chi connectivity index (χ4v) is 3.30. The molecular formula is C20H17ClN2O5S. The first-order chi connectivity index (χ1) is 13.8. The lowest BCUT2D eigenvalue weighted by Gasteiger charge is -2.19. The molecule has 7 nitrogen and oxygen atoms in total. The Labute approximate surface area is 177 Å². The molecule has 0 saturated carbocycles. The highest BCUT2D eigenvalue weighted by atomic mass is 35.5. The molecule has 0 unspecified atom stereocenters. The van der Waals surface area contributed by atoms with E-state index in [4.69, 9.17) is 33.3 Å². The van der Waals surface area contributed by atoms with Gasteiger partial charge in [0, 0.05) is 0 Å². The number of rotatable bonds is 5. The lowest BCUT2D eigenvalue weighted by Crippen LogP contribution is -2.35. The Hall–Kier alpha value is -3.10. The molecule has 0 atom stereocenters. The van der Waals surface area contributed by atoms with Crippen molar-refractivity contribution in [3.8, 4) is 11.5 Å². The van der Waals surface area contributed by atoms with Gasteiger partial charge in [0.05, 0.1) is 24.9 Å². The highest BCUT2D eigenvalue weighted by Gasteiger charge is 2.40. The summed E-state index contributed by atoms with van der Waals surface area (Å²) in [6.45, 7) is -0.231. The van der Waals surface area contributed by atoms with Gasteiger partial charge < -0.3 is 19.5 Å². The Kier molecular flexibility index (Phi) is 6.05. The lowest BCUT2D eigenvalue weighted by molar-refractivity contribution is -0.140. The van der Waals surface area contributed by atoms with E-state index in [0.29, 0.717) is 17.0 Å². The van der Waals surface area contributed by atoms with Gasteiger partial charge in [-0.15, -0.1) is 0 Å². The van der Waals surface area contributed by atoms with E-state index in [2.05, 4.69) is 0 Å². The number of thiocarbonyl (C=S) groups is 1. The third-order valence-corrected chi connectivity index (χ3v) is 4.96. The zero-order valence-electron chi connectivity index (χ0n) is 15.6. The molecular weight excluding hydrogens is 416 g/mol. The van der Waals surface area contributed by atoms with Crippen molar-refractivity contribution in [2.24, 2.45) is 0 Å². The number of hydrogen-bond donors (Lipinski definition) is 1. The Balaban J connectivity index is 2.04. The van der Waals surface area contributed by atoms with Crippen molar-refractivity contribution in [1.82, 2.24) is 4.90 Å². The van der Waals surface area contributed by atoms with Crippen molar-refractivity contribution in [2.45, 2.75) is 0 Å². The first-order valence-corrected chi connectivity index (χ1v) is 9.21. The van der Waals surface area contributed by atoms with Crippen molar-refractivity contribution in [3.63, 3.8) is 0 Å². The van der Waals surface area contributed by atoms with Gasteiger partial charge in [0.25, 0.3) is 5.91 Å². The summed E-state index contributed by atoms with van der Waals surface area (Å²) in [5, 5.41) is 9.88. The van der Waals surface area contributed by atoms with Crippen molar-refractivity contribution in [1.29, 1.82) is 0 Å². The highest BCUT2D eigenvalue weighted by molar-refractivity contribution is 7.80. The maximum atomic E-state index is 13.2. The molecule has 0 spiro atoms. The van der Waals surface area contributed by atoms with Crippen LogP contribution >= 0.6 is 23.8 Å². The average Bonchev–Trinajstić information content (AvgIpc) is 2.94. The topological polar surface area (TPSA) is 79.3 Å². The van der Waals surface area contributed by atoms with Crippen LogP contribution in [-0.4, -0.2) is 47.8 Å². The van der Waals surface area contributed by atoms with E-state index in [1.54, 1.807) is 43.5 Å². The largest absolute Gasteiger partial charge is 0.506 e. The van der Waals surface area contributed by atoms with Gasteiger partial charge in [-0.25, -0.2) is 0 Å². The molecule has 0 aliphatic carbocycles. The number of carbonyl (C=O) groups is 2. The number of ether oxygens (including phenoxy) is 2. The fraction of sp³-hybridized carbons (Fsp3) is 0.150. The van der Waals surface area contributed by atoms with Crippen molar-refractivity contribution in [3.05, 3.63) is 58.7 Å². The maximum absolute atomic E-state index is 13.2. The first-order valence-electron chi connectivity index (χ1n) is 8.42. The Morgan fingerprint density at radius 2 is 1.90 bits per heavy atom. The van der Waals surface area contributed by atoms with Crippen LogP contribution in [0, 0.1) is 0 Å². The van der Waals surface area contributed by atoms with Gasteiger partial charge in [-0.1, -0.05) is 17.7 Å². The molecule has 0 aromatic heterocycles. The number of esters is 1. The fourth-order valence-electron chi connectivity index (χ4n) is 2.76. The van der Waals surface area contributed by atoms with Crippen LogP contribution in [0.5, 0.6) is 11.5 Å². The summed E-state index contributed by atoms with van der Waals surface area (Å²) < 4.78 is 9.87. The van der Waals surface area contributed by atoms with Gasteiger partial charge in [-0.05, 0) is 60.3 Å². The predicted molar refractivity (Wildman–Crippen MR) is 113 cm³/mol. The average molecular weight is 433 g/mol. The van der Waals surface area contributed by atoms with Crippen molar-refractivity contribution in [2.75, 3.05) is 25.7 Å². The number of benzene rings is 2. The number of anilines is 1. The molecule has 1 saturated heterocycles. The van der Waals surface area contributed by atoms with Crippen molar-refractivity contribution < 1.29 is 24.2 Å². The van der Waals surface area contributed by atoms with E-state index in [1.165, 1.54) is 29.0 Å². The molecule has 29 heavy (non-hydrogen) atoms. The summed E-state index contributed by atoms with van der Waals surface area (Å²) in [6, 6.07) is 11.3. The number of aromatic hydroxyl groups is 1. The minimum atomic E-state index is -0.550. The van der Waals surface area contributed by atoms with Gasteiger partial charge in [-0.2, -0.15) is 0 Å². The number of halogens is 1. The number of amides is 1. The standard InChI is InChI=1S/C20H17ClN2O5S/c1-27-14-6-4-13(5-7-14)23-19(26)16(22(20(23)29)11-18(25)28-2)10-12-3-8-17(24)15(21)9-12/h3-10,24H,11H2,1-2H3/b16-10-. The molecule has 1 heterocycles. The second-order valence-electron chi connectivity index (χ2n) is 6.02. The molecule has 0 bridgehead atoms. The molecule has 9 heteroatoms. The molecule has 2 aromatic rings. The van der Waals surface area contributed by atoms with Gasteiger partial charge in [0.15, 0.2) is 5.11 Å². The lowest BCUT2D eigenvalue weighted by atomic mass is 10.1. The van der Waals surface area contributed by atoms with E-state index in [0.717, 1.165) is 0 Å². The Bertz CT molecular complexity index is 1010. The highest BCUT2D eigenvalue weighted by Crippen LogP contribution is 2.31. The smallest absolute Gasteiger partial charge is 0.325 e. The number of hydrogen-bond acceptors (Lipinski definition) is 6. The van der Waals surface area contributed by atoms with Crippen LogP contribution in [-0.2, 0) is 14.3 Å². The summed E-state index contributed by atoms with van der Waals surface area (Å²) >= 11 is 11.4. The minimum Gasteiger partial charge on any atom is -0.506 e. The quantitative estimate of drug-likeness (QED) is 0.441. The minimum absolute atomic E-state index is 0.0756. The molecule has 1 amide bonds. The van der Waals surface area contributed by atoms with Gasteiger partial charge in [0.1, 0.15) is 23.7 Å². The maximum Gasteiger partial charge on any atom is 0.325 e. The third-order valence-electron chi connectivity index (χ3n) is 4.26. The van der Waals surface area contributed by atoms with Crippen LogP contribution in [0.25, 0.3) is 6.08 Å². The van der Waals surface area contributed by atoms with Crippen LogP contribution in [0.4, 0.5) is 5.69 Å². The number of phenols is 1. The normalized spacial score (nSPS) is 15.2. The molecule has 1 fully saturated rings. The van der Waals surface area contributed by atoms with Gasteiger partial charge in [0.2, 0.25) is 0 Å². The Morgan fingerprint density at radius 1 is 1.21 bits per heavy atom. The summed E-state index contributed by atoms with van der Waals surface area (Å²) in [4.78, 5) is 27.8. The summed E-state index contributed by atoms with van der Waals surface area (Å²) in [5.41, 5.74) is 1.27. The van der Waals surface area contributed by atoms with Crippen molar-refractivity contribution >= 4 is 52.6 Å².